The highest BCUT2D eigenvalue weighted by Crippen LogP contribution is 2.34. The predicted molar refractivity (Wildman–Crippen MR) is 65.3 cm³/mol. The fourth-order valence-electron chi connectivity index (χ4n) is 1.35. The lowest BCUT2D eigenvalue weighted by molar-refractivity contribution is 0.112. The number of hydrogen-bond acceptors (Lipinski definition) is 4. The molecule has 1 aromatic rings. The molecular weight excluding hydrogens is 220 g/mol. The minimum atomic E-state index is 0.413. The van der Waals surface area contributed by atoms with Crippen molar-refractivity contribution >= 4 is 6.29 Å². The molecule has 4 nitrogen and oxygen atoms in total. The second-order valence-electron chi connectivity index (χ2n) is 4.07. The monoisotopic (exact) mass is 238 g/mol. The summed E-state index contributed by atoms with van der Waals surface area (Å²) in [7, 11) is 3.06. The maximum atomic E-state index is 10.9. The maximum absolute atomic E-state index is 10.9. The van der Waals surface area contributed by atoms with Gasteiger partial charge in [-0.2, -0.15) is 0 Å². The van der Waals surface area contributed by atoms with Gasteiger partial charge in [-0.25, -0.2) is 0 Å². The third kappa shape index (κ3) is 3.37. The van der Waals surface area contributed by atoms with Gasteiger partial charge in [0.1, 0.15) is 5.75 Å². The average Bonchev–Trinajstić information content (AvgIpc) is 2.34. The maximum Gasteiger partial charge on any atom is 0.164 e. The van der Waals surface area contributed by atoms with Crippen molar-refractivity contribution in [3.63, 3.8) is 0 Å². The zero-order chi connectivity index (χ0) is 12.8. The molecule has 94 valence electrons. The van der Waals surface area contributed by atoms with E-state index in [1.54, 1.807) is 19.2 Å². The number of aldehydes is 1. The van der Waals surface area contributed by atoms with Crippen molar-refractivity contribution < 1.29 is 19.0 Å². The molecule has 0 radical (unpaired) electrons. The predicted octanol–water partition coefficient (Wildman–Crippen LogP) is 2.55. The van der Waals surface area contributed by atoms with Gasteiger partial charge in [0, 0.05) is 6.07 Å². The van der Waals surface area contributed by atoms with Crippen molar-refractivity contribution in [2.75, 3.05) is 20.8 Å². The molecule has 4 heteroatoms. The largest absolute Gasteiger partial charge is 0.496 e. The van der Waals surface area contributed by atoms with E-state index >= 15 is 0 Å². The van der Waals surface area contributed by atoms with Crippen molar-refractivity contribution in [2.45, 2.75) is 13.8 Å². The summed E-state index contributed by atoms with van der Waals surface area (Å²) in [6.07, 6.45) is 0.730. The Hall–Kier alpha value is -1.71. The van der Waals surface area contributed by atoms with Gasteiger partial charge >= 0.3 is 0 Å². The van der Waals surface area contributed by atoms with Gasteiger partial charge in [0.25, 0.3) is 0 Å². The average molecular weight is 238 g/mol. The molecule has 0 bridgehead atoms. The van der Waals surface area contributed by atoms with Crippen LogP contribution in [0.1, 0.15) is 24.2 Å². The lowest BCUT2D eigenvalue weighted by Crippen LogP contribution is -2.06. The highest BCUT2D eigenvalue weighted by Gasteiger charge is 2.12. The number of benzene rings is 1. The summed E-state index contributed by atoms with van der Waals surface area (Å²) in [4.78, 5) is 10.9. The summed E-state index contributed by atoms with van der Waals surface area (Å²) < 4.78 is 15.9. The molecule has 1 aromatic carbocycles. The van der Waals surface area contributed by atoms with Crippen LogP contribution in [0.15, 0.2) is 12.1 Å². The number of ether oxygens (including phenoxy) is 3. The Kier molecular flexibility index (Phi) is 4.82. The molecule has 0 saturated carbocycles. The van der Waals surface area contributed by atoms with Crippen LogP contribution < -0.4 is 14.2 Å². The van der Waals surface area contributed by atoms with Crippen molar-refractivity contribution in [3.8, 4) is 17.2 Å². The van der Waals surface area contributed by atoms with E-state index in [0.717, 1.165) is 6.29 Å². The second kappa shape index (κ2) is 6.13. The lowest BCUT2D eigenvalue weighted by atomic mass is 10.2. The summed E-state index contributed by atoms with van der Waals surface area (Å²) in [6.45, 7) is 4.70. The second-order valence-corrected chi connectivity index (χ2v) is 4.07. The lowest BCUT2D eigenvalue weighted by Gasteiger charge is -2.14. The fraction of sp³-hybridized carbons (Fsp3) is 0.462. The fourth-order valence-corrected chi connectivity index (χ4v) is 1.35. The SMILES string of the molecule is COc1cc(OCC(C)C)c(OC)cc1C=O. The van der Waals surface area contributed by atoms with Crippen molar-refractivity contribution in [3.05, 3.63) is 17.7 Å². The minimum Gasteiger partial charge on any atom is -0.496 e. The van der Waals surface area contributed by atoms with Gasteiger partial charge in [0.2, 0.25) is 0 Å². The van der Waals surface area contributed by atoms with Crippen LogP contribution in [0.3, 0.4) is 0 Å². The summed E-state index contributed by atoms with van der Waals surface area (Å²) in [5, 5.41) is 0. The zero-order valence-corrected chi connectivity index (χ0v) is 10.6. The summed E-state index contributed by atoms with van der Waals surface area (Å²) in [5.74, 6) is 2.02. The third-order valence-corrected chi connectivity index (χ3v) is 2.22. The van der Waals surface area contributed by atoms with E-state index in [1.165, 1.54) is 7.11 Å². The van der Waals surface area contributed by atoms with Crippen LogP contribution in [-0.4, -0.2) is 27.1 Å². The molecule has 0 atom stereocenters. The van der Waals surface area contributed by atoms with Crippen LogP contribution in [0.25, 0.3) is 0 Å². The van der Waals surface area contributed by atoms with Crippen LogP contribution in [-0.2, 0) is 0 Å². The highest BCUT2D eigenvalue weighted by atomic mass is 16.5. The first-order valence-corrected chi connectivity index (χ1v) is 5.46. The normalized spacial score (nSPS) is 10.2. The molecule has 0 amide bonds. The van der Waals surface area contributed by atoms with E-state index in [0.29, 0.717) is 35.3 Å². The number of methoxy groups -OCH3 is 2. The quantitative estimate of drug-likeness (QED) is 0.714. The van der Waals surface area contributed by atoms with Gasteiger partial charge in [-0.3, -0.25) is 4.79 Å². The topological polar surface area (TPSA) is 44.8 Å². The van der Waals surface area contributed by atoms with Crippen LogP contribution in [0.2, 0.25) is 0 Å². The van der Waals surface area contributed by atoms with Gasteiger partial charge in [-0.1, -0.05) is 13.8 Å². The standard InChI is InChI=1S/C13H18O4/c1-9(2)8-17-13-6-11(15-3)10(7-14)5-12(13)16-4/h5-7,9H,8H2,1-4H3. The van der Waals surface area contributed by atoms with E-state index in [4.69, 9.17) is 14.2 Å². The number of carbonyl (C=O) groups is 1. The number of hydrogen-bond donors (Lipinski definition) is 0. The molecule has 0 N–H and O–H groups in total. The molecule has 1 rings (SSSR count). The Balaban J connectivity index is 3.05. The summed E-state index contributed by atoms with van der Waals surface area (Å²) in [6, 6.07) is 3.28. The van der Waals surface area contributed by atoms with Crippen molar-refractivity contribution in [1.29, 1.82) is 0 Å². The van der Waals surface area contributed by atoms with Crippen LogP contribution in [0.5, 0.6) is 17.2 Å². The Morgan fingerprint density at radius 1 is 1.12 bits per heavy atom. The Morgan fingerprint density at radius 3 is 2.24 bits per heavy atom. The first-order valence-electron chi connectivity index (χ1n) is 5.46. The molecule has 0 heterocycles. The first kappa shape index (κ1) is 13.4. The first-order chi connectivity index (χ1) is 8.12. The Bertz CT molecular complexity index is 385. The molecule has 0 fully saturated rings. The van der Waals surface area contributed by atoms with Crippen molar-refractivity contribution in [1.82, 2.24) is 0 Å². The highest BCUT2D eigenvalue weighted by molar-refractivity contribution is 5.81. The summed E-state index contributed by atoms with van der Waals surface area (Å²) >= 11 is 0. The Labute approximate surface area is 101 Å². The summed E-state index contributed by atoms with van der Waals surface area (Å²) in [5.41, 5.74) is 0.446. The molecule has 0 aliphatic carbocycles. The van der Waals surface area contributed by atoms with E-state index in [2.05, 4.69) is 13.8 Å². The van der Waals surface area contributed by atoms with Crippen LogP contribution in [0.4, 0.5) is 0 Å². The van der Waals surface area contributed by atoms with Gasteiger partial charge in [0.05, 0.1) is 26.4 Å². The van der Waals surface area contributed by atoms with E-state index in [1.807, 2.05) is 0 Å². The van der Waals surface area contributed by atoms with E-state index in [-0.39, 0.29) is 0 Å². The van der Waals surface area contributed by atoms with Gasteiger partial charge < -0.3 is 14.2 Å². The molecular formula is C13H18O4. The molecule has 0 aromatic heterocycles. The van der Waals surface area contributed by atoms with Gasteiger partial charge in [0.15, 0.2) is 17.8 Å². The Morgan fingerprint density at radius 2 is 1.76 bits per heavy atom. The molecule has 0 aliphatic rings. The number of carbonyl (C=O) groups excluding carboxylic acids is 1. The molecule has 0 saturated heterocycles. The van der Waals surface area contributed by atoms with Gasteiger partial charge in [-0.15, -0.1) is 0 Å². The third-order valence-electron chi connectivity index (χ3n) is 2.22. The molecule has 17 heavy (non-hydrogen) atoms. The smallest absolute Gasteiger partial charge is 0.164 e. The molecule has 0 aliphatic heterocycles. The molecule has 0 spiro atoms. The zero-order valence-electron chi connectivity index (χ0n) is 10.6. The minimum absolute atomic E-state index is 0.413. The molecule has 0 unspecified atom stereocenters. The van der Waals surface area contributed by atoms with Crippen molar-refractivity contribution in [2.24, 2.45) is 5.92 Å². The van der Waals surface area contributed by atoms with Gasteiger partial charge in [-0.05, 0) is 12.0 Å². The number of rotatable bonds is 6. The van der Waals surface area contributed by atoms with E-state index < -0.39 is 0 Å². The van der Waals surface area contributed by atoms with Crippen LogP contribution >= 0.6 is 0 Å². The van der Waals surface area contributed by atoms with Crippen LogP contribution in [0, 0.1) is 5.92 Å². The van der Waals surface area contributed by atoms with E-state index in [9.17, 15) is 4.79 Å².